The van der Waals surface area contributed by atoms with Crippen LogP contribution in [-0.4, -0.2) is 43.7 Å². The topological polar surface area (TPSA) is 109 Å². The molecule has 1 aromatic rings. The molecule has 9 heteroatoms. The van der Waals surface area contributed by atoms with Gasteiger partial charge >= 0.3 is 11.8 Å². The summed E-state index contributed by atoms with van der Waals surface area (Å²) in [5.74, 6) is -2.01. The Labute approximate surface area is 148 Å². The number of rotatable bonds is 7. The molecule has 0 aliphatic carbocycles. The molecule has 0 aliphatic rings. The predicted molar refractivity (Wildman–Crippen MR) is 93.5 cm³/mol. The van der Waals surface area contributed by atoms with E-state index in [9.17, 15) is 14.4 Å². The van der Waals surface area contributed by atoms with Crippen molar-refractivity contribution in [2.24, 2.45) is 5.10 Å². The molecule has 0 saturated carbocycles. The normalized spacial score (nSPS) is 10.9. The maximum absolute atomic E-state index is 11.9. The molecule has 130 valence electrons. The van der Waals surface area contributed by atoms with Gasteiger partial charge in [-0.25, -0.2) is 5.43 Å². The summed E-state index contributed by atoms with van der Waals surface area (Å²) in [6.45, 7) is 2.10. The van der Waals surface area contributed by atoms with Gasteiger partial charge < -0.3 is 15.4 Å². The number of amides is 3. The summed E-state index contributed by atoms with van der Waals surface area (Å²) >= 11 is 3.33. The maximum Gasteiger partial charge on any atom is 0.329 e. The van der Waals surface area contributed by atoms with Gasteiger partial charge in [0.05, 0.1) is 18.7 Å². The van der Waals surface area contributed by atoms with E-state index >= 15 is 0 Å². The number of nitrogens with zero attached hydrogens (tertiary/aromatic N) is 1. The summed E-state index contributed by atoms with van der Waals surface area (Å²) in [4.78, 5) is 34.8. The molecule has 0 aliphatic heterocycles. The molecule has 0 atom stereocenters. The van der Waals surface area contributed by atoms with E-state index in [1.54, 1.807) is 25.1 Å². The van der Waals surface area contributed by atoms with Crippen LogP contribution in [0.25, 0.3) is 0 Å². The molecule has 0 spiro atoms. The van der Waals surface area contributed by atoms with Crippen LogP contribution in [0.4, 0.5) is 5.69 Å². The Morgan fingerprint density at radius 1 is 1.21 bits per heavy atom. The van der Waals surface area contributed by atoms with Gasteiger partial charge in [0, 0.05) is 23.8 Å². The second-order valence-corrected chi connectivity index (χ2v) is 5.60. The van der Waals surface area contributed by atoms with Gasteiger partial charge in [-0.15, -0.1) is 0 Å². The van der Waals surface area contributed by atoms with Crippen LogP contribution in [0, 0.1) is 0 Å². The van der Waals surface area contributed by atoms with E-state index in [-0.39, 0.29) is 18.9 Å². The number of para-hydroxylation sites is 1. The van der Waals surface area contributed by atoms with Crippen LogP contribution in [0.15, 0.2) is 33.8 Å². The number of benzene rings is 1. The molecule has 0 unspecified atom stereocenters. The highest BCUT2D eigenvalue weighted by atomic mass is 79.9. The number of nitrogens with one attached hydrogen (secondary N) is 3. The first-order chi connectivity index (χ1) is 11.4. The molecular weight excluding hydrogens is 380 g/mol. The molecule has 0 bridgehead atoms. The van der Waals surface area contributed by atoms with Gasteiger partial charge in [-0.05, 0) is 35.0 Å². The Kier molecular flexibility index (Phi) is 8.66. The summed E-state index contributed by atoms with van der Waals surface area (Å²) in [5, 5.41) is 8.80. The van der Waals surface area contributed by atoms with E-state index in [1.165, 1.54) is 7.11 Å². The Hall–Kier alpha value is -2.26. The number of hydrogen-bond acceptors (Lipinski definition) is 5. The van der Waals surface area contributed by atoms with E-state index < -0.39 is 11.8 Å². The fourth-order valence-electron chi connectivity index (χ4n) is 1.57. The fourth-order valence-corrected chi connectivity index (χ4v) is 1.96. The number of halogens is 1. The van der Waals surface area contributed by atoms with Gasteiger partial charge in [-0.2, -0.15) is 5.10 Å². The number of carbonyl (C=O) groups is 3. The highest BCUT2D eigenvalue weighted by molar-refractivity contribution is 9.10. The van der Waals surface area contributed by atoms with Gasteiger partial charge in [0.25, 0.3) is 0 Å². The average Bonchev–Trinajstić information content (AvgIpc) is 2.54. The van der Waals surface area contributed by atoms with Crippen LogP contribution in [0.2, 0.25) is 0 Å². The second kappa shape index (κ2) is 10.5. The molecule has 3 amide bonds. The van der Waals surface area contributed by atoms with Crippen LogP contribution in [0.1, 0.15) is 13.3 Å². The van der Waals surface area contributed by atoms with Crippen molar-refractivity contribution in [3.05, 3.63) is 28.7 Å². The highest BCUT2D eigenvalue weighted by Gasteiger charge is 2.12. The quantitative estimate of drug-likeness (QED) is 0.275. The van der Waals surface area contributed by atoms with Crippen LogP contribution in [-0.2, 0) is 19.1 Å². The van der Waals surface area contributed by atoms with Crippen LogP contribution in [0.5, 0.6) is 0 Å². The minimum atomic E-state index is -0.906. The average molecular weight is 399 g/mol. The Morgan fingerprint density at radius 3 is 2.58 bits per heavy atom. The number of hydrazone groups is 1. The third-order valence-electron chi connectivity index (χ3n) is 2.71. The minimum absolute atomic E-state index is 0.0209. The Bertz CT molecular complexity index is 634. The summed E-state index contributed by atoms with van der Waals surface area (Å²) < 4.78 is 5.51. The molecule has 0 fully saturated rings. The van der Waals surface area contributed by atoms with Crippen LogP contribution >= 0.6 is 15.9 Å². The van der Waals surface area contributed by atoms with Crippen molar-refractivity contribution in [3.63, 3.8) is 0 Å². The zero-order chi connectivity index (χ0) is 17.9. The lowest BCUT2D eigenvalue weighted by molar-refractivity contribution is -0.139. The van der Waals surface area contributed by atoms with Crippen LogP contribution in [0.3, 0.4) is 0 Å². The summed E-state index contributed by atoms with van der Waals surface area (Å²) in [7, 11) is 1.49. The molecule has 0 heterocycles. The number of hydrogen-bond donors (Lipinski definition) is 3. The summed E-state index contributed by atoms with van der Waals surface area (Å²) in [5.41, 5.74) is 3.09. The number of methoxy groups -OCH3 is 1. The van der Waals surface area contributed by atoms with Crippen molar-refractivity contribution in [1.82, 2.24) is 10.7 Å². The van der Waals surface area contributed by atoms with Crippen molar-refractivity contribution in [2.75, 3.05) is 25.6 Å². The first-order valence-corrected chi connectivity index (χ1v) is 7.88. The van der Waals surface area contributed by atoms with E-state index in [4.69, 9.17) is 4.74 Å². The minimum Gasteiger partial charge on any atom is -0.383 e. The van der Waals surface area contributed by atoms with Gasteiger partial charge in [0.2, 0.25) is 5.91 Å². The molecule has 8 nitrogen and oxygen atoms in total. The van der Waals surface area contributed by atoms with Crippen LogP contribution < -0.4 is 16.1 Å². The number of carbonyl (C=O) groups excluding carboxylic acids is 3. The number of anilines is 1. The number of ether oxygens (including phenoxy) is 1. The van der Waals surface area contributed by atoms with Gasteiger partial charge in [-0.1, -0.05) is 12.1 Å². The smallest absolute Gasteiger partial charge is 0.329 e. The summed E-state index contributed by atoms with van der Waals surface area (Å²) in [6.07, 6.45) is -0.0209. The lowest BCUT2D eigenvalue weighted by Crippen LogP contribution is -2.39. The highest BCUT2D eigenvalue weighted by Crippen LogP contribution is 2.21. The molecule has 0 saturated heterocycles. The standard InChI is InChI=1S/C15H19BrN4O4/c1-10(19-20-15(23)14(22)17-7-8-24-2)9-13(21)18-12-6-4-3-5-11(12)16/h3-6H,7-9H2,1-2H3,(H,17,22)(H,18,21)(H,20,23)/b19-10+. The molecule has 1 rings (SSSR count). The third-order valence-corrected chi connectivity index (χ3v) is 3.40. The van der Waals surface area contributed by atoms with Crippen molar-refractivity contribution >= 4 is 45.1 Å². The Morgan fingerprint density at radius 2 is 1.92 bits per heavy atom. The maximum atomic E-state index is 11.9. The zero-order valence-corrected chi connectivity index (χ0v) is 15.0. The fraction of sp³-hybridized carbons (Fsp3) is 0.333. The summed E-state index contributed by atoms with van der Waals surface area (Å²) in [6, 6.07) is 7.18. The van der Waals surface area contributed by atoms with Crippen molar-refractivity contribution < 1.29 is 19.1 Å². The van der Waals surface area contributed by atoms with Crippen molar-refractivity contribution in [2.45, 2.75) is 13.3 Å². The predicted octanol–water partition coefficient (Wildman–Crippen LogP) is 1.03. The molecule has 1 aromatic carbocycles. The SMILES string of the molecule is COCCNC(=O)C(=O)N/N=C(\C)CC(=O)Nc1ccccc1Br. The molecule has 24 heavy (non-hydrogen) atoms. The molecule has 0 aromatic heterocycles. The van der Waals surface area contributed by atoms with E-state index in [2.05, 4.69) is 37.1 Å². The second-order valence-electron chi connectivity index (χ2n) is 4.74. The lowest BCUT2D eigenvalue weighted by Gasteiger charge is -2.07. The van der Waals surface area contributed by atoms with Gasteiger partial charge in [0.1, 0.15) is 0 Å². The first kappa shape index (κ1) is 19.8. The largest absolute Gasteiger partial charge is 0.383 e. The van der Waals surface area contributed by atoms with Crippen molar-refractivity contribution in [1.29, 1.82) is 0 Å². The van der Waals surface area contributed by atoms with Gasteiger partial charge in [0.15, 0.2) is 0 Å². The van der Waals surface area contributed by atoms with E-state index in [0.717, 1.165) is 4.47 Å². The van der Waals surface area contributed by atoms with Crippen molar-refractivity contribution in [3.8, 4) is 0 Å². The monoisotopic (exact) mass is 398 g/mol. The van der Waals surface area contributed by atoms with E-state index in [0.29, 0.717) is 18.0 Å². The zero-order valence-electron chi connectivity index (χ0n) is 13.4. The molecule has 3 N–H and O–H groups in total. The van der Waals surface area contributed by atoms with Gasteiger partial charge in [-0.3, -0.25) is 14.4 Å². The Balaban J connectivity index is 2.43. The molecular formula is C15H19BrN4O4. The van der Waals surface area contributed by atoms with E-state index in [1.807, 2.05) is 6.07 Å². The lowest BCUT2D eigenvalue weighted by atomic mass is 10.2. The third kappa shape index (κ3) is 7.34. The first-order valence-electron chi connectivity index (χ1n) is 7.08. The molecule has 0 radical (unpaired) electrons.